The number of halogens is 3. The molecule has 0 unspecified atom stereocenters. The third-order valence-corrected chi connectivity index (χ3v) is 3.13. The molecule has 2 aromatic carbocycles. The second-order valence-corrected chi connectivity index (χ2v) is 4.79. The quantitative estimate of drug-likeness (QED) is 0.909. The molecule has 0 saturated carbocycles. The van der Waals surface area contributed by atoms with Gasteiger partial charge < -0.3 is 9.84 Å². The van der Waals surface area contributed by atoms with E-state index in [9.17, 15) is 9.18 Å². The molecule has 0 aliphatic rings. The van der Waals surface area contributed by atoms with Gasteiger partial charge in [0.2, 0.25) is 0 Å². The average Bonchev–Trinajstić information content (AvgIpc) is 2.41. The van der Waals surface area contributed by atoms with Crippen molar-refractivity contribution in [2.45, 2.75) is 6.61 Å². The molecule has 2 rings (SSSR count). The number of carboxylic acids is 1. The first kappa shape index (κ1) is 14.6. The number of hydrogen-bond acceptors (Lipinski definition) is 2. The molecule has 0 aromatic heterocycles. The summed E-state index contributed by atoms with van der Waals surface area (Å²) in [6.07, 6.45) is 0. The van der Waals surface area contributed by atoms with Crippen LogP contribution in [0.2, 0.25) is 10.0 Å². The third-order valence-electron chi connectivity index (χ3n) is 2.59. The normalized spacial score (nSPS) is 10.3. The summed E-state index contributed by atoms with van der Waals surface area (Å²) in [6, 6.07) is 8.74. The maximum absolute atomic E-state index is 13.9. The first-order valence-electron chi connectivity index (χ1n) is 5.57. The number of carbonyl (C=O) groups is 1. The molecule has 0 bridgehead atoms. The Balaban J connectivity index is 2.21. The SMILES string of the molecule is O=C(O)c1cccc(COc2cc(Cl)ccc2Cl)c1F. The van der Waals surface area contributed by atoms with Crippen LogP contribution in [0.15, 0.2) is 36.4 Å². The van der Waals surface area contributed by atoms with Gasteiger partial charge in [-0.3, -0.25) is 0 Å². The lowest BCUT2D eigenvalue weighted by atomic mass is 10.1. The highest BCUT2D eigenvalue weighted by molar-refractivity contribution is 6.34. The van der Waals surface area contributed by atoms with Crippen LogP contribution < -0.4 is 4.74 Å². The van der Waals surface area contributed by atoms with Crippen molar-refractivity contribution in [3.8, 4) is 5.75 Å². The number of carboxylic acid groups (broad SMARTS) is 1. The zero-order valence-corrected chi connectivity index (χ0v) is 11.6. The van der Waals surface area contributed by atoms with Gasteiger partial charge in [0.1, 0.15) is 18.2 Å². The molecule has 2 aromatic rings. The molecule has 20 heavy (non-hydrogen) atoms. The highest BCUT2D eigenvalue weighted by atomic mass is 35.5. The minimum atomic E-state index is -1.33. The fourth-order valence-corrected chi connectivity index (χ4v) is 1.93. The number of aromatic carboxylic acids is 1. The van der Waals surface area contributed by atoms with Crippen LogP contribution in [0, 0.1) is 5.82 Å². The van der Waals surface area contributed by atoms with Crippen LogP contribution in [0.5, 0.6) is 5.75 Å². The molecule has 0 atom stereocenters. The maximum atomic E-state index is 13.9. The summed E-state index contributed by atoms with van der Waals surface area (Å²) in [5, 5.41) is 9.61. The van der Waals surface area contributed by atoms with Gasteiger partial charge >= 0.3 is 5.97 Å². The molecule has 0 aliphatic carbocycles. The van der Waals surface area contributed by atoms with Gasteiger partial charge in [-0.05, 0) is 18.2 Å². The van der Waals surface area contributed by atoms with Crippen molar-refractivity contribution in [3.63, 3.8) is 0 Å². The maximum Gasteiger partial charge on any atom is 0.338 e. The molecule has 3 nitrogen and oxygen atoms in total. The van der Waals surface area contributed by atoms with E-state index in [1.807, 2.05) is 0 Å². The number of hydrogen-bond donors (Lipinski definition) is 1. The lowest BCUT2D eigenvalue weighted by molar-refractivity contribution is 0.0691. The molecular weight excluding hydrogens is 306 g/mol. The Hall–Kier alpha value is -1.78. The smallest absolute Gasteiger partial charge is 0.338 e. The predicted molar refractivity (Wildman–Crippen MR) is 74.2 cm³/mol. The third kappa shape index (κ3) is 3.21. The van der Waals surface area contributed by atoms with E-state index in [1.165, 1.54) is 24.3 Å². The Kier molecular flexibility index (Phi) is 4.47. The zero-order chi connectivity index (χ0) is 14.7. The molecule has 0 radical (unpaired) electrons. The number of ether oxygens (including phenoxy) is 1. The van der Waals surface area contributed by atoms with Gasteiger partial charge in [0.05, 0.1) is 10.6 Å². The van der Waals surface area contributed by atoms with Gasteiger partial charge in [0.15, 0.2) is 0 Å². The summed E-state index contributed by atoms with van der Waals surface area (Å²) >= 11 is 11.7. The fourth-order valence-electron chi connectivity index (χ4n) is 1.60. The number of benzene rings is 2. The van der Waals surface area contributed by atoms with E-state index in [0.29, 0.717) is 15.8 Å². The fraction of sp³-hybridized carbons (Fsp3) is 0.0714. The summed E-state index contributed by atoms with van der Waals surface area (Å²) in [6.45, 7) is -0.146. The Morgan fingerprint density at radius 3 is 2.70 bits per heavy atom. The van der Waals surface area contributed by atoms with Crippen molar-refractivity contribution in [1.82, 2.24) is 0 Å². The van der Waals surface area contributed by atoms with Crippen LogP contribution in [-0.4, -0.2) is 11.1 Å². The molecule has 1 N–H and O–H groups in total. The summed E-state index contributed by atoms with van der Waals surface area (Å²) < 4.78 is 19.3. The molecule has 0 aliphatic heterocycles. The van der Waals surface area contributed by atoms with E-state index in [-0.39, 0.29) is 12.2 Å². The van der Waals surface area contributed by atoms with E-state index in [4.69, 9.17) is 33.0 Å². The highest BCUT2D eigenvalue weighted by Gasteiger charge is 2.14. The molecule has 6 heteroatoms. The van der Waals surface area contributed by atoms with Crippen LogP contribution in [0.3, 0.4) is 0 Å². The minimum Gasteiger partial charge on any atom is -0.487 e. The minimum absolute atomic E-state index is 0.126. The summed E-state index contributed by atoms with van der Waals surface area (Å²) in [4.78, 5) is 10.8. The van der Waals surface area contributed by atoms with E-state index in [2.05, 4.69) is 0 Å². The predicted octanol–water partition coefficient (Wildman–Crippen LogP) is 4.41. The van der Waals surface area contributed by atoms with Gasteiger partial charge in [-0.1, -0.05) is 35.3 Å². The lowest BCUT2D eigenvalue weighted by Gasteiger charge is -2.10. The van der Waals surface area contributed by atoms with Crippen molar-refractivity contribution in [3.05, 3.63) is 63.4 Å². The van der Waals surface area contributed by atoms with Crippen molar-refractivity contribution in [2.75, 3.05) is 0 Å². The van der Waals surface area contributed by atoms with Crippen molar-refractivity contribution < 1.29 is 19.0 Å². The molecular formula is C14H9Cl2FO3. The molecule has 0 fully saturated rings. The molecule has 0 saturated heterocycles. The number of rotatable bonds is 4. The van der Waals surface area contributed by atoms with Crippen LogP contribution in [0.25, 0.3) is 0 Å². The first-order chi connectivity index (χ1) is 9.49. The summed E-state index contributed by atoms with van der Waals surface area (Å²) in [7, 11) is 0. The van der Waals surface area contributed by atoms with Crippen LogP contribution in [0.1, 0.15) is 15.9 Å². The molecule has 0 amide bonds. The van der Waals surface area contributed by atoms with Crippen molar-refractivity contribution >= 4 is 29.2 Å². The molecule has 0 spiro atoms. The second kappa shape index (κ2) is 6.11. The Bertz CT molecular complexity index is 659. The lowest BCUT2D eigenvalue weighted by Crippen LogP contribution is -2.06. The van der Waals surface area contributed by atoms with Crippen LogP contribution >= 0.6 is 23.2 Å². The van der Waals surface area contributed by atoms with Gasteiger partial charge in [-0.15, -0.1) is 0 Å². The monoisotopic (exact) mass is 314 g/mol. The summed E-state index contributed by atoms with van der Waals surface area (Å²) in [5.41, 5.74) is -0.274. The van der Waals surface area contributed by atoms with E-state index >= 15 is 0 Å². The Labute approximate surface area is 124 Å². The zero-order valence-electron chi connectivity index (χ0n) is 10.1. The standard InChI is InChI=1S/C14H9Cl2FO3/c15-9-4-5-11(16)12(6-9)20-7-8-2-1-3-10(13(8)17)14(18)19/h1-6H,7H2,(H,18,19). The molecule has 0 heterocycles. The topological polar surface area (TPSA) is 46.5 Å². The van der Waals surface area contributed by atoms with Gasteiger partial charge in [0.25, 0.3) is 0 Å². The average molecular weight is 315 g/mol. The summed E-state index contributed by atoms with van der Waals surface area (Å²) in [5.74, 6) is -1.84. The van der Waals surface area contributed by atoms with E-state index in [1.54, 1.807) is 12.1 Å². The van der Waals surface area contributed by atoms with Crippen LogP contribution in [-0.2, 0) is 6.61 Å². The van der Waals surface area contributed by atoms with Crippen molar-refractivity contribution in [2.24, 2.45) is 0 Å². The van der Waals surface area contributed by atoms with Gasteiger partial charge in [-0.25, -0.2) is 9.18 Å². The van der Waals surface area contributed by atoms with Crippen molar-refractivity contribution in [1.29, 1.82) is 0 Å². The first-order valence-corrected chi connectivity index (χ1v) is 6.33. The van der Waals surface area contributed by atoms with E-state index in [0.717, 1.165) is 0 Å². The van der Waals surface area contributed by atoms with Crippen LogP contribution in [0.4, 0.5) is 4.39 Å². The largest absolute Gasteiger partial charge is 0.487 e. The van der Waals surface area contributed by atoms with Gasteiger partial charge in [0, 0.05) is 16.7 Å². The second-order valence-electron chi connectivity index (χ2n) is 3.95. The molecule has 104 valence electrons. The highest BCUT2D eigenvalue weighted by Crippen LogP contribution is 2.28. The van der Waals surface area contributed by atoms with Gasteiger partial charge in [-0.2, -0.15) is 0 Å². The van der Waals surface area contributed by atoms with E-state index < -0.39 is 17.3 Å². The Morgan fingerprint density at radius 1 is 1.25 bits per heavy atom. The Morgan fingerprint density at radius 2 is 2.00 bits per heavy atom.